The zero-order chi connectivity index (χ0) is 26.8. The Morgan fingerprint density at radius 3 is 2.20 bits per heavy atom. The maximum Gasteiger partial charge on any atom is 0.147 e. The number of rotatable bonds is 3. The molecule has 8 aromatic rings. The molecule has 0 atom stereocenters. The molecule has 0 aliphatic heterocycles. The first-order chi connectivity index (χ1) is 19.7. The minimum Gasteiger partial charge on any atom is -0.292 e. The van der Waals surface area contributed by atoms with Gasteiger partial charge in [0.1, 0.15) is 5.82 Å². The Morgan fingerprint density at radius 2 is 1.35 bits per heavy atom. The van der Waals surface area contributed by atoms with Crippen LogP contribution in [-0.4, -0.2) is 9.55 Å². The van der Waals surface area contributed by atoms with E-state index in [-0.39, 0.29) is 0 Å². The first-order valence-corrected chi connectivity index (χ1v) is 14.5. The van der Waals surface area contributed by atoms with Crippen LogP contribution < -0.4 is 0 Å². The fourth-order valence-corrected chi connectivity index (χ4v) is 7.27. The summed E-state index contributed by atoms with van der Waals surface area (Å²) in [5.74, 6) is 0.985. The van der Waals surface area contributed by atoms with Gasteiger partial charge in [0.05, 0.1) is 11.0 Å². The van der Waals surface area contributed by atoms with Gasteiger partial charge in [-0.25, -0.2) is 4.98 Å². The maximum absolute atomic E-state index is 5.23. The molecule has 0 unspecified atom stereocenters. The molecule has 2 heterocycles. The van der Waals surface area contributed by atoms with Crippen molar-refractivity contribution in [2.45, 2.75) is 13.8 Å². The molecular weight excluding hydrogens is 504 g/mol. The van der Waals surface area contributed by atoms with E-state index in [4.69, 9.17) is 4.98 Å². The number of fused-ring (bicyclic) bond motifs is 5. The number of aromatic nitrogens is 2. The molecule has 40 heavy (non-hydrogen) atoms. The van der Waals surface area contributed by atoms with E-state index in [0.29, 0.717) is 0 Å². The number of para-hydroxylation sites is 2. The van der Waals surface area contributed by atoms with Gasteiger partial charge in [0.2, 0.25) is 0 Å². The molecule has 0 radical (unpaired) electrons. The van der Waals surface area contributed by atoms with Crippen molar-refractivity contribution in [3.63, 3.8) is 0 Å². The van der Waals surface area contributed by atoms with Crippen LogP contribution in [0.15, 0.2) is 121 Å². The summed E-state index contributed by atoms with van der Waals surface area (Å²) in [4.78, 5) is 5.23. The molecule has 0 saturated carbocycles. The Kier molecular flexibility index (Phi) is 5.16. The highest BCUT2D eigenvalue weighted by atomic mass is 32.1. The standard InChI is InChI=1S/C37H26N2S/c1-23-18-28(19-24(2)36(23)26-11-4-3-5-12-26)39-34-15-9-8-14-33(34)38-37(39)32-22-40-35-20-27-17-16-25-10-6-7-13-29(25)30(27)21-31(32)35/h3-22H,1-2H3. The molecule has 190 valence electrons. The lowest BCUT2D eigenvalue weighted by Gasteiger charge is -2.16. The molecule has 2 nitrogen and oxygen atoms in total. The van der Waals surface area contributed by atoms with Gasteiger partial charge in [-0.15, -0.1) is 11.3 Å². The number of imidazole rings is 1. The van der Waals surface area contributed by atoms with Crippen LogP contribution in [0.3, 0.4) is 0 Å². The normalized spacial score (nSPS) is 11.8. The predicted molar refractivity (Wildman–Crippen MR) is 172 cm³/mol. The number of aryl methyl sites for hydroxylation is 2. The van der Waals surface area contributed by atoms with E-state index in [1.807, 2.05) is 0 Å². The van der Waals surface area contributed by atoms with Crippen molar-refractivity contribution in [1.29, 1.82) is 0 Å². The molecule has 0 bridgehead atoms. The lowest BCUT2D eigenvalue weighted by molar-refractivity contribution is 1.10. The first-order valence-electron chi connectivity index (χ1n) is 13.6. The second-order valence-electron chi connectivity index (χ2n) is 10.6. The van der Waals surface area contributed by atoms with Crippen LogP contribution in [0.4, 0.5) is 0 Å². The second kappa shape index (κ2) is 8.90. The fourth-order valence-electron chi connectivity index (χ4n) is 6.30. The average molecular weight is 531 g/mol. The van der Waals surface area contributed by atoms with Gasteiger partial charge in [0.15, 0.2) is 0 Å². The summed E-state index contributed by atoms with van der Waals surface area (Å²) in [6.07, 6.45) is 0. The van der Waals surface area contributed by atoms with Gasteiger partial charge in [-0.2, -0.15) is 0 Å². The smallest absolute Gasteiger partial charge is 0.147 e. The molecule has 0 aliphatic carbocycles. The van der Waals surface area contributed by atoms with Crippen LogP contribution in [0, 0.1) is 13.8 Å². The Hall–Kier alpha value is -4.73. The summed E-state index contributed by atoms with van der Waals surface area (Å²) in [6.45, 7) is 4.43. The zero-order valence-corrected chi connectivity index (χ0v) is 23.2. The molecule has 0 amide bonds. The van der Waals surface area contributed by atoms with E-state index < -0.39 is 0 Å². The summed E-state index contributed by atoms with van der Waals surface area (Å²) in [5, 5.41) is 8.64. The van der Waals surface area contributed by atoms with Crippen LogP contribution in [0.1, 0.15) is 11.1 Å². The van der Waals surface area contributed by atoms with E-state index in [1.165, 1.54) is 59.4 Å². The number of thiophene rings is 1. The van der Waals surface area contributed by atoms with E-state index in [1.54, 1.807) is 11.3 Å². The van der Waals surface area contributed by atoms with Gasteiger partial charge in [-0.3, -0.25) is 4.57 Å². The first kappa shape index (κ1) is 23.2. The third kappa shape index (κ3) is 3.52. The predicted octanol–water partition coefficient (Wildman–Crippen LogP) is 10.5. The number of hydrogen-bond donors (Lipinski definition) is 0. The summed E-state index contributed by atoms with van der Waals surface area (Å²) >= 11 is 1.80. The molecule has 0 aliphatic rings. The van der Waals surface area contributed by atoms with E-state index >= 15 is 0 Å². The van der Waals surface area contributed by atoms with Gasteiger partial charge in [0.25, 0.3) is 0 Å². The topological polar surface area (TPSA) is 17.8 Å². The van der Waals surface area contributed by atoms with Crippen LogP contribution in [-0.2, 0) is 0 Å². The van der Waals surface area contributed by atoms with E-state index in [0.717, 1.165) is 22.5 Å². The largest absolute Gasteiger partial charge is 0.292 e. The SMILES string of the molecule is Cc1cc(-n2c(-c3csc4cc5ccc6ccccc6c5cc34)nc3ccccc32)cc(C)c1-c1ccccc1. The van der Waals surface area contributed by atoms with Gasteiger partial charge in [-0.05, 0) is 94.0 Å². The van der Waals surface area contributed by atoms with Crippen LogP contribution >= 0.6 is 11.3 Å². The molecule has 0 saturated heterocycles. The van der Waals surface area contributed by atoms with Gasteiger partial charge in [-0.1, -0.05) is 78.9 Å². The molecule has 0 spiro atoms. The molecule has 6 aromatic carbocycles. The van der Waals surface area contributed by atoms with Gasteiger partial charge in [0, 0.05) is 26.7 Å². The molecule has 8 rings (SSSR count). The summed E-state index contributed by atoms with van der Waals surface area (Å²) < 4.78 is 3.63. The zero-order valence-electron chi connectivity index (χ0n) is 22.3. The molecule has 0 fully saturated rings. The van der Waals surface area contributed by atoms with Crippen molar-refractivity contribution >= 4 is 54.0 Å². The second-order valence-corrected chi connectivity index (χ2v) is 11.5. The van der Waals surface area contributed by atoms with Crippen molar-refractivity contribution in [3.8, 4) is 28.2 Å². The van der Waals surface area contributed by atoms with Gasteiger partial charge < -0.3 is 0 Å². The number of nitrogens with zero attached hydrogens (tertiary/aromatic N) is 2. The van der Waals surface area contributed by atoms with Crippen molar-refractivity contribution in [3.05, 3.63) is 132 Å². The Balaban J connectivity index is 1.40. The highest BCUT2D eigenvalue weighted by Gasteiger charge is 2.19. The van der Waals surface area contributed by atoms with Gasteiger partial charge >= 0.3 is 0 Å². The van der Waals surface area contributed by atoms with Crippen LogP contribution in [0.2, 0.25) is 0 Å². The van der Waals surface area contributed by atoms with Crippen molar-refractivity contribution < 1.29 is 0 Å². The summed E-state index contributed by atoms with van der Waals surface area (Å²) in [6, 6.07) is 41.6. The third-order valence-electron chi connectivity index (χ3n) is 8.08. The van der Waals surface area contributed by atoms with Crippen molar-refractivity contribution in [1.82, 2.24) is 9.55 Å². The molecule has 3 heteroatoms. The minimum atomic E-state index is 0.985. The monoisotopic (exact) mass is 530 g/mol. The average Bonchev–Trinajstić information content (AvgIpc) is 3.57. The lowest BCUT2D eigenvalue weighted by Crippen LogP contribution is -2.00. The third-order valence-corrected chi connectivity index (χ3v) is 9.02. The Morgan fingerprint density at radius 1 is 0.625 bits per heavy atom. The Labute approximate surface area is 236 Å². The molecule has 2 aromatic heterocycles. The van der Waals surface area contributed by atoms with Crippen LogP contribution in [0.5, 0.6) is 0 Å². The number of benzene rings is 6. The van der Waals surface area contributed by atoms with E-state index in [9.17, 15) is 0 Å². The fraction of sp³-hybridized carbons (Fsp3) is 0.0541. The highest BCUT2D eigenvalue weighted by Crippen LogP contribution is 2.41. The summed E-state index contributed by atoms with van der Waals surface area (Å²) in [5.41, 5.74) is 9.52. The minimum absolute atomic E-state index is 0.985. The number of hydrogen-bond acceptors (Lipinski definition) is 2. The maximum atomic E-state index is 5.23. The highest BCUT2D eigenvalue weighted by molar-refractivity contribution is 7.17. The Bertz CT molecular complexity index is 2210. The van der Waals surface area contributed by atoms with Crippen LogP contribution in [0.25, 0.3) is 70.9 Å². The van der Waals surface area contributed by atoms with Crippen molar-refractivity contribution in [2.75, 3.05) is 0 Å². The quantitative estimate of drug-likeness (QED) is 0.208. The molecule has 0 N–H and O–H groups in total. The van der Waals surface area contributed by atoms with Crippen molar-refractivity contribution in [2.24, 2.45) is 0 Å². The lowest BCUT2D eigenvalue weighted by atomic mass is 9.95. The molecular formula is C37H26N2S. The summed E-state index contributed by atoms with van der Waals surface area (Å²) in [7, 11) is 0. The van der Waals surface area contributed by atoms with E-state index in [2.05, 4.69) is 139 Å².